The summed E-state index contributed by atoms with van der Waals surface area (Å²) in [5.74, 6) is 3.87. The van der Waals surface area contributed by atoms with Crippen molar-refractivity contribution in [3.8, 4) is 0 Å². The average molecular weight is 372 g/mol. The number of aromatic nitrogens is 3. The molecule has 26 heavy (non-hydrogen) atoms. The monoisotopic (exact) mass is 371 g/mol. The van der Waals surface area contributed by atoms with E-state index in [0.29, 0.717) is 11.5 Å². The van der Waals surface area contributed by atoms with Gasteiger partial charge in [0.2, 0.25) is 0 Å². The van der Waals surface area contributed by atoms with Crippen molar-refractivity contribution in [3.63, 3.8) is 0 Å². The molecule has 2 aliphatic heterocycles. The van der Waals surface area contributed by atoms with Gasteiger partial charge in [-0.15, -0.1) is 0 Å². The molecule has 0 radical (unpaired) electrons. The van der Waals surface area contributed by atoms with Crippen LogP contribution in [0.5, 0.6) is 0 Å². The lowest BCUT2D eigenvalue weighted by Gasteiger charge is -2.33. The third kappa shape index (κ3) is 4.03. The molecule has 0 bridgehead atoms. The molecule has 4 rings (SSSR count). The van der Waals surface area contributed by atoms with Gasteiger partial charge in [0.15, 0.2) is 0 Å². The van der Waals surface area contributed by atoms with Crippen molar-refractivity contribution in [3.05, 3.63) is 42.6 Å². The number of piperidine rings is 1. The first-order chi connectivity index (χ1) is 12.8. The first-order valence-corrected chi connectivity index (χ1v) is 10.5. The molecule has 1 atom stereocenters. The molecule has 6 nitrogen and oxygen atoms in total. The van der Waals surface area contributed by atoms with Gasteiger partial charge in [-0.25, -0.2) is 9.97 Å². The molecule has 1 unspecified atom stereocenters. The van der Waals surface area contributed by atoms with E-state index < -0.39 is 0 Å². The smallest absolute Gasteiger partial charge is 0.255 e. The lowest BCUT2D eigenvalue weighted by atomic mass is 9.97. The molecule has 7 heteroatoms. The maximum absolute atomic E-state index is 12.9. The zero-order valence-corrected chi connectivity index (χ0v) is 15.8. The van der Waals surface area contributed by atoms with Crippen LogP contribution in [-0.2, 0) is 6.54 Å². The van der Waals surface area contributed by atoms with Gasteiger partial charge in [0.1, 0.15) is 5.82 Å². The Hall–Kier alpha value is -2.02. The number of rotatable bonds is 4. The van der Waals surface area contributed by atoms with E-state index in [4.69, 9.17) is 0 Å². The largest absolute Gasteiger partial charge is 0.355 e. The summed E-state index contributed by atoms with van der Waals surface area (Å²) < 4.78 is 2.10. The van der Waals surface area contributed by atoms with Crippen molar-refractivity contribution in [2.24, 2.45) is 5.92 Å². The predicted octanol–water partition coefficient (Wildman–Crippen LogP) is 2.38. The van der Waals surface area contributed by atoms with E-state index in [9.17, 15) is 4.79 Å². The van der Waals surface area contributed by atoms with Gasteiger partial charge >= 0.3 is 0 Å². The number of pyridine rings is 1. The molecule has 2 aromatic heterocycles. The number of carbonyl (C=O) groups excluding carboxylic acids is 1. The fourth-order valence-electron chi connectivity index (χ4n) is 3.77. The molecule has 2 saturated heterocycles. The second-order valence-electron chi connectivity index (χ2n) is 7.02. The lowest BCUT2D eigenvalue weighted by Crippen LogP contribution is -2.41. The van der Waals surface area contributed by atoms with Crippen LogP contribution in [0.3, 0.4) is 0 Å². The highest BCUT2D eigenvalue weighted by Crippen LogP contribution is 2.21. The summed E-state index contributed by atoms with van der Waals surface area (Å²) in [6.07, 6.45) is 9.61. The Labute approximate surface area is 158 Å². The zero-order valence-electron chi connectivity index (χ0n) is 15.0. The van der Waals surface area contributed by atoms with E-state index in [0.717, 1.165) is 62.9 Å². The summed E-state index contributed by atoms with van der Waals surface area (Å²) in [7, 11) is 0. The summed E-state index contributed by atoms with van der Waals surface area (Å²) in [5.41, 5.74) is 0.698. The quantitative estimate of drug-likeness (QED) is 0.826. The summed E-state index contributed by atoms with van der Waals surface area (Å²) in [4.78, 5) is 25.8. The van der Waals surface area contributed by atoms with Crippen LogP contribution in [0.25, 0.3) is 0 Å². The van der Waals surface area contributed by atoms with Crippen LogP contribution in [0.15, 0.2) is 37.1 Å². The van der Waals surface area contributed by atoms with Gasteiger partial charge in [0.05, 0.1) is 11.9 Å². The minimum Gasteiger partial charge on any atom is -0.355 e. The van der Waals surface area contributed by atoms with Crippen molar-refractivity contribution in [2.75, 3.05) is 42.6 Å². The van der Waals surface area contributed by atoms with Gasteiger partial charge in [-0.2, -0.15) is 11.8 Å². The maximum Gasteiger partial charge on any atom is 0.255 e. The summed E-state index contributed by atoms with van der Waals surface area (Å²) in [5, 5.41) is 0. The van der Waals surface area contributed by atoms with E-state index in [2.05, 4.69) is 19.4 Å². The third-order valence-electron chi connectivity index (χ3n) is 5.16. The lowest BCUT2D eigenvalue weighted by molar-refractivity contribution is 0.0662. The highest BCUT2D eigenvalue weighted by molar-refractivity contribution is 7.99. The number of carbonyl (C=O) groups is 1. The van der Waals surface area contributed by atoms with Crippen molar-refractivity contribution in [1.82, 2.24) is 19.4 Å². The predicted molar refractivity (Wildman–Crippen MR) is 105 cm³/mol. The summed E-state index contributed by atoms with van der Waals surface area (Å²) >= 11 is 1.99. The molecule has 0 aliphatic carbocycles. The number of likely N-dealkylation sites (tertiary alicyclic amines) is 1. The van der Waals surface area contributed by atoms with Gasteiger partial charge in [-0.05, 0) is 30.9 Å². The number of hydrogen-bond acceptors (Lipinski definition) is 5. The van der Waals surface area contributed by atoms with Crippen LogP contribution in [0.4, 0.5) is 5.82 Å². The molecule has 1 amide bonds. The Morgan fingerprint density at radius 3 is 2.85 bits per heavy atom. The van der Waals surface area contributed by atoms with Crippen molar-refractivity contribution >= 4 is 23.5 Å². The molecule has 0 aromatic carbocycles. The topological polar surface area (TPSA) is 54.3 Å². The number of hydrogen-bond donors (Lipinski definition) is 0. The molecule has 2 aromatic rings. The molecule has 4 heterocycles. The van der Waals surface area contributed by atoms with Crippen LogP contribution in [0.2, 0.25) is 0 Å². The van der Waals surface area contributed by atoms with Gasteiger partial charge in [-0.3, -0.25) is 4.79 Å². The van der Waals surface area contributed by atoms with Gasteiger partial charge in [0, 0.05) is 62.8 Å². The molecular formula is C19H25N5OS. The van der Waals surface area contributed by atoms with Crippen LogP contribution >= 0.6 is 11.8 Å². The molecule has 138 valence electrons. The highest BCUT2D eigenvalue weighted by atomic mass is 32.2. The first-order valence-electron chi connectivity index (χ1n) is 9.33. The molecule has 0 saturated carbocycles. The van der Waals surface area contributed by atoms with Crippen molar-refractivity contribution in [1.29, 1.82) is 0 Å². The van der Waals surface area contributed by atoms with E-state index in [1.54, 1.807) is 12.4 Å². The van der Waals surface area contributed by atoms with Crippen LogP contribution in [0, 0.1) is 5.92 Å². The average Bonchev–Trinajstić information content (AvgIpc) is 3.21. The number of thioether (sulfide) groups is 1. The van der Waals surface area contributed by atoms with E-state index in [-0.39, 0.29) is 5.91 Å². The fourth-order valence-corrected chi connectivity index (χ4v) is 4.67. The SMILES string of the molecule is O=C(c1ccc(N2CCSCC2)nc1)N1CCCC(Cn2ccnc2)C1. The number of amides is 1. The molecule has 0 N–H and O–H groups in total. The zero-order chi connectivity index (χ0) is 17.8. The van der Waals surface area contributed by atoms with Crippen LogP contribution < -0.4 is 4.90 Å². The van der Waals surface area contributed by atoms with Crippen molar-refractivity contribution in [2.45, 2.75) is 19.4 Å². The van der Waals surface area contributed by atoms with E-state index in [1.807, 2.05) is 41.3 Å². The van der Waals surface area contributed by atoms with Gasteiger partial charge < -0.3 is 14.4 Å². The molecule has 0 spiro atoms. The van der Waals surface area contributed by atoms with Crippen LogP contribution in [-0.4, -0.2) is 63.0 Å². The highest BCUT2D eigenvalue weighted by Gasteiger charge is 2.25. The Bertz CT molecular complexity index is 712. The standard InChI is InChI=1S/C19H25N5OS/c25-19(17-3-4-18(21-12-17)23-8-10-26-11-9-23)24-6-1-2-16(14-24)13-22-7-5-20-15-22/h3-5,7,12,15-16H,1-2,6,8-11,13-14H2. The molecule has 2 fully saturated rings. The second-order valence-corrected chi connectivity index (χ2v) is 8.25. The molecular weight excluding hydrogens is 346 g/mol. The molecule has 2 aliphatic rings. The number of nitrogens with zero attached hydrogens (tertiary/aromatic N) is 5. The second kappa shape index (κ2) is 8.12. The van der Waals surface area contributed by atoms with Gasteiger partial charge in [-0.1, -0.05) is 0 Å². The minimum absolute atomic E-state index is 0.105. The number of anilines is 1. The minimum atomic E-state index is 0.105. The van der Waals surface area contributed by atoms with E-state index >= 15 is 0 Å². The Balaban J connectivity index is 1.38. The summed E-state index contributed by atoms with van der Waals surface area (Å²) in [6, 6.07) is 3.93. The summed E-state index contributed by atoms with van der Waals surface area (Å²) in [6.45, 7) is 4.64. The normalized spacial score (nSPS) is 21.0. The van der Waals surface area contributed by atoms with Crippen molar-refractivity contribution < 1.29 is 4.79 Å². The maximum atomic E-state index is 12.9. The Kier molecular flexibility index (Phi) is 5.43. The number of imidazole rings is 1. The first kappa shape index (κ1) is 17.4. The van der Waals surface area contributed by atoms with Crippen LogP contribution in [0.1, 0.15) is 23.2 Å². The van der Waals surface area contributed by atoms with E-state index in [1.165, 1.54) is 0 Å². The fraction of sp³-hybridized carbons (Fsp3) is 0.526. The van der Waals surface area contributed by atoms with Gasteiger partial charge in [0.25, 0.3) is 5.91 Å². The Morgan fingerprint density at radius 2 is 2.12 bits per heavy atom. The third-order valence-corrected chi connectivity index (χ3v) is 6.11. The Morgan fingerprint density at radius 1 is 1.23 bits per heavy atom.